The van der Waals surface area contributed by atoms with Gasteiger partial charge in [-0.3, -0.25) is 4.79 Å². The number of carbonyl (C=O) groups excluding carboxylic acids is 1. The third-order valence-electron chi connectivity index (χ3n) is 5.80. The number of carbonyl (C=O) groups is 1. The molecule has 4 saturated carbocycles. The van der Waals surface area contributed by atoms with Crippen molar-refractivity contribution in [3.63, 3.8) is 0 Å². The van der Waals surface area contributed by atoms with Crippen LogP contribution in [0.4, 0.5) is 0 Å². The van der Waals surface area contributed by atoms with Gasteiger partial charge in [-0.2, -0.15) is 0 Å². The zero-order chi connectivity index (χ0) is 13.7. The van der Waals surface area contributed by atoms with Crippen LogP contribution < -0.4 is 4.57 Å². The lowest BCUT2D eigenvalue weighted by molar-refractivity contribution is -0.708. The molecule has 4 bridgehead atoms. The van der Waals surface area contributed by atoms with Gasteiger partial charge in [0.05, 0.1) is 12.8 Å². The minimum absolute atomic E-state index is 0.0624. The fourth-order valence-corrected chi connectivity index (χ4v) is 6.26. The molecule has 4 aliphatic carbocycles. The van der Waals surface area contributed by atoms with E-state index in [1.54, 1.807) is 11.8 Å². The van der Waals surface area contributed by atoms with Crippen LogP contribution in [0, 0.1) is 23.2 Å². The van der Waals surface area contributed by atoms with Gasteiger partial charge in [-0.1, -0.05) is 0 Å². The second kappa shape index (κ2) is 4.62. The number of aromatic amines is 1. The molecular formula is C16H23N2OS+. The van der Waals surface area contributed by atoms with E-state index in [4.69, 9.17) is 0 Å². The quantitative estimate of drug-likeness (QED) is 0.684. The number of hydrogen-bond acceptors (Lipinski definition) is 2. The summed E-state index contributed by atoms with van der Waals surface area (Å²) in [6.45, 7) is 0. The van der Waals surface area contributed by atoms with Gasteiger partial charge in [-0.25, -0.2) is 9.55 Å². The van der Waals surface area contributed by atoms with Crippen molar-refractivity contribution in [2.45, 2.75) is 43.7 Å². The number of rotatable bonds is 4. The van der Waals surface area contributed by atoms with Crippen LogP contribution in [-0.4, -0.2) is 16.5 Å². The Labute approximate surface area is 124 Å². The molecule has 20 heavy (non-hydrogen) atoms. The Hall–Kier alpha value is -0.770. The zero-order valence-corrected chi connectivity index (χ0v) is 12.9. The summed E-state index contributed by atoms with van der Waals surface area (Å²) in [5.41, 5.74) is 0.0624. The highest BCUT2D eigenvalue weighted by molar-refractivity contribution is 7.99. The van der Waals surface area contributed by atoms with Crippen molar-refractivity contribution in [1.29, 1.82) is 0 Å². The maximum atomic E-state index is 12.9. The molecule has 1 heterocycles. The Morgan fingerprint density at radius 1 is 1.30 bits per heavy atom. The number of imidazole rings is 1. The lowest BCUT2D eigenvalue weighted by Gasteiger charge is -2.55. The van der Waals surface area contributed by atoms with E-state index in [0.29, 0.717) is 11.5 Å². The number of nitrogens with one attached hydrogen (secondary N) is 1. The van der Waals surface area contributed by atoms with Crippen molar-refractivity contribution in [2.75, 3.05) is 5.75 Å². The van der Waals surface area contributed by atoms with Gasteiger partial charge in [0.2, 0.25) is 0 Å². The van der Waals surface area contributed by atoms with Gasteiger partial charge in [0.25, 0.3) is 0 Å². The summed E-state index contributed by atoms with van der Waals surface area (Å²) in [6.07, 6.45) is 11.7. The van der Waals surface area contributed by atoms with E-state index in [9.17, 15) is 4.79 Å². The van der Waals surface area contributed by atoms with Crippen LogP contribution in [0.5, 0.6) is 0 Å². The number of thioether (sulfide) groups is 1. The molecule has 4 fully saturated rings. The SMILES string of the molecule is C[n+]1cc[nH]c1SCC(=O)C12CC3CC(CC(C3)C1)C2. The van der Waals surface area contributed by atoms with Crippen LogP contribution in [-0.2, 0) is 11.8 Å². The molecule has 1 N–H and O–H groups in total. The van der Waals surface area contributed by atoms with Crippen molar-refractivity contribution in [3.05, 3.63) is 12.4 Å². The summed E-state index contributed by atoms with van der Waals surface area (Å²) >= 11 is 1.67. The monoisotopic (exact) mass is 291 g/mol. The second-order valence-electron chi connectivity index (χ2n) is 7.29. The van der Waals surface area contributed by atoms with Crippen molar-refractivity contribution in [3.8, 4) is 0 Å². The molecule has 4 aliphatic rings. The van der Waals surface area contributed by atoms with E-state index in [-0.39, 0.29) is 5.41 Å². The van der Waals surface area contributed by atoms with E-state index in [1.165, 1.54) is 38.5 Å². The maximum absolute atomic E-state index is 12.9. The van der Waals surface area contributed by atoms with Gasteiger partial charge in [-0.15, -0.1) is 0 Å². The van der Waals surface area contributed by atoms with E-state index in [1.807, 2.05) is 19.4 Å². The zero-order valence-electron chi connectivity index (χ0n) is 12.1. The van der Waals surface area contributed by atoms with Crippen molar-refractivity contribution in [2.24, 2.45) is 30.2 Å². The second-order valence-corrected chi connectivity index (χ2v) is 8.25. The first kappa shape index (κ1) is 12.9. The molecule has 0 unspecified atom stereocenters. The maximum Gasteiger partial charge on any atom is 0.315 e. The Kier molecular flexibility index (Phi) is 2.99. The molecule has 1 aromatic rings. The van der Waals surface area contributed by atoms with Crippen molar-refractivity contribution in [1.82, 2.24) is 4.98 Å². The standard InChI is InChI=1S/C16H22N2OS/c1-18-3-2-17-15(18)20-10-14(19)16-7-11-4-12(8-16)6-13(5-11)9-16/h2-3,11-13H,4-10H2,1H3/p+1. The van der Waals surface area contributed by atoms with Crippen LogP contribution in [0.15, 0.2) is 17.6 Å². The van der Waals surface area contributed by atoms with E-state index < -0.39 is 0 Å². The summed E-state index contributed by atoms with van der Waals surface area (Å²) in [5, 5.41) is 1.09. The summed E-state index contributed by atoms with van der Waals surface area (Å²) in [4.78, 5) is 16.1. The molecule has 0 amide bonds. The fourth-order valence-electron chi connectivity index (χ4n) is 5.27. The average molecular weight is 291 g/mol. The van der Waals surface area contributed by atoms with Crippen molar-refractivity contribution < 1.29 is 9.36 Å². The number of nitrogens with zero attached hydrogens (tertiary/aromatic N) is 1. The highest BCUT2D eigenvalue weighted by atomic mass is 32.2. The van der Waals surface area contributed by atoms with E-state index >= 15 is 0 Å². The summed E-state index contributed by atoms with van der Waals surface area (Å²) in [6, 6.07) is 0. The highest BCUT2D eigenvalue weighted by Gasteiger charge is 2.54. The lowest BCUT2D eigenvalue weighted by Crippen LogP contribution is -2.50. The Bertz CT molecular complexity index is 501. The van der Waals surface area contributed by atoms with Crippen molar-refractivity contribution >= 4 is 17.5 Å². The number of hydrogen-bond donors (Lipinski definition) is 1. The highest BCUT2D eigenvalue weighted by Crippen LogP contribution is 2.60. The largest absolute Gasteiger partial charge is 0.315 e. The van der Waals surface area contributed by atoms with Gasteiger partial charge in [0, 0.05) is 5.41 Å². The third-order valence-corrected chi connectivity index (χ3v) is 6.88. The molecular weight excluding hydrogens is 268 g/mol. The molecule has 3 nitrogen and oxygen atoms in total. The Balaban J connectivity index is 1.47. The fraction of sp³-hybridized carbons (Fsp3) is 0.750. The first-order valence-corrected chi connectivity index (χ1v) is 8.82. The topological polar surface area (TPSA) is 36.7 Å². The van der Waals surface area contributed by atoms with Gasteiger partial charge >= 0.3 is 5.16 Å². The average Bonchev–Trinajstić information content (AvgIpc) is 2.80. The number of ketones is 1. The summed E-state index contributed by atoms with van der Waals surface area (Å²) in [5.74, 6) is 3.74. The smallest absolute Gasteiger partial charge is 0.298 e. The molecule has 0 atom stereocenters. The predicted octanol–water partition coefficient (Wildman–Crippen LogP) is 2.72. The van der Waals surface area contributed by atoms with Gasteiger partial charge < -0.3 is 0 Å². The molecule has 4 heteroatoms. The summed E-state index contributed by atoms with van der Waals surface area (Å²) in [7, 11) is 2.02. The van der Waals surface area contributed by atoms with E-state index in [2.05, 4.69) is 9.55 Å². The Morgan fingerprint density at radius 2 is 1.90 bits per heavy atom. The van der Waals surface area contributed by atoms with Gasteiger partial charge in [0.15, 0.2) is 0 Å². The molecule has 0 spiro atoms. The first-order valence-electron chi connectivity index (χ1n) is 7.84. The first-order chi connectivity index (χ1) is 9.64. The van der Waals surface area contributed by atoms with Gasteiger partial charge in [-0.05, 0) is 68.0 Å². The lowest BCUT2D eigenvalue weighted by atomic mass is 9.48. The predicted molar refractivity (Wildman–Crippen MR) is 78.3 cm³/mol. The number of H-pyrrole nitrogens is 1. The minimum atomic E-state index is 0.0624. The number of aryl methyl sites for hydroxylation is 1. The number of Topliss-reactive ketones (excluding diaryl/α,β-unsaturated/α-hetero) is 1. The molecule has 5 rings (SSSR count). The normalized spacial score (nSPS) is 38.4. The third kappa shape index (κ3) is 2.03. The van der Waals surface area contributed by atoms with Crippen LogP contribution >= 0.6 is 11.8 Å². The Morgan fingerprint density at radius 3 is 2.40 bits per heavy atom. The molecule has 1 aromatic heterocycles. The van der Waals surface area contributed by atoms with Gasteiger partial charge in [0.1, 0.15) is 18.2 Å². The molecule has 0 aliphatic heterocycles. The molecule has 0 radical (unpaired) electrons. The van der Waals surface area contributed by atoms with Crippen LogP contribution in [0.1, 0.15) is 38.5 Å². The number of aromatic nitrogens is 2. The minimum Gasteiger partial charge on any atom is -0.298 e. The molecule has 0 saturated heterocycles. The molecule has 108 valence electrons. The van der Waals surface area contributed by atoms with Crippen LogP contribution in [0.3, 0.4) is 0 Å². The van der Waals surface area contributed by atoms with Crippen LogP contribution in [0.2, 0.25) is 0 Å². The molecule has 0 aromatic carbocycles. The van der Waals surface area contributed by atoms with E-state index in [0.717, 1.165) is 22.9 Å². The summed E-state index contributed by atoms with van der Waals surface area (Å²) < 4.78 is 2.05. The van der Waals surface area contributed by atoms with Crippen LogP contribution in [0.25, 0.3) is 0 Å².